The zero-order valence-corrected chi connectivity index (χ0v) is 12.9. The van der Waals surface area contributed by atoms with Gasteiger partial charge in [0, 0.05) is 26.3 Å². The van der Waals surface area contributed by atoms with Crippen molar-refractivity contribution in [1.29, 1.82) is 0 Å². The average molecular weight is 322 g/mol. The molecule has 0 aromatic carbocycles. The third-order valence-electron chi connectivity index (χ3n) is 3.50. The number of nitrogens with zero attached hydrogens (tertiary/aromatic N) is 6. The van der Waals surface area contributed by atoms with E-state index in [4.69, 9.17) is 0 Å². The molecule has 0 bridgehead atoms. The van der Waals surface area contributed by atoms with Crippen molar-refractivity contribution in [3.63, 3.8) is 0 Å². The zero-order valence-electron chi connectivity index (χ0n) is 12.0. The van der Waals surface area contributed by atoms with Crippen molar-refractivity contribution in [2.24, 2.45) is 7.05 Å². The SMILES string of the molecule is Cc1cnc(C(=O)N2CC(S(=O)(=O)c3nncn3C)C2)cn1. The Labute approximate surface area is 126 Å². The number of hydrogen-bond donors (Lipinski definition) is 0. The first-order valence-corrected chi connectivity index (χ1v) is 8.10. The lowest BCUT2D eigenvalue weighted by atomic mass is 10.2. The van der Waals surface area contributed by atoms with Crippen molar-refractivity contribution in [2.45, 2.75) is 17.3 Å². The van der Waals surface area contributed by atoms with Crippen LogP contribution in [-0.4, -0.2) is 62.3 Å². The summed E-state index contributed by atoms with van der Waals surface area (Å²) >= 11 is 0. The van der Waals surface area contributed by atoms with Gasteiger partial charge in [0.1, 0.15) is 17.3 Å². The number of rotatable bonds is 3. The van der Waals surface area contributed by atoms with Crippen molar-refractivity contribution >= 4 is 15.7 Å². The Morgan fingerprint density at radius 2 is 2.00 bits per heavy atom. The van der Waals surface area contributed by atoms with E-state index < -0.39 is 15.1 Å². The fourth-order valence-electron chi connectivity index (χ4n) is 2.14. The minimum atomic E-state index is -3.59. The lowest BCUT2D eigenvalue weighted by Gasteiger charge is -2.37. The van der Waals surface area contributed by atoms with Crippen LogP contribution in [0.3, 0.4) is 0 Å². The highest BCUT2D eigenvalue weighted by Crippen LogP contribution is 2.23. The lowest BCUT2D eigenvalue weighted by molar-refractivity contribution is 0.0652. The first-order valence-electron chi connectivity index (χ1n) is 6.55. The molecule has 22 heavy (non-hydrogen) atoms. The highest BCUT2D eigenvalue weighted by Gasteiger charge is 2.43. The summed E-state index contributed by atoms with van der Waals surface area (Å²) < 4.78 is 26.1. The van der Waals surface area contributed by atoms with Crippen LogP contribution in [0.4, 0.5) is 0 Å². The van der Waals surface area contributed by atoms with E-state index in [-0.39, 0.29) is 29.8 Å². The van der Waals surface area contributed by atoms with E-state index in [1.54, 1.807) is 14.0 Å². The number of aryl methyl sites for hydroxylation is 2. The maximum Gasteiger partial charge on any atom is 0.274 e. The van der Waals surface area contributed by atoms with Crippen LogP contribution in [0.1, 0.15) is 16.2 Å². The van der Waals surface area contributed by atoms with Crippen LogP contribution in [0.25, 0.3) is 0 Å². The molecule has 9 nitrogen and oxygen atoms in total. The molecule has 0 aliphatic carbocycles. The van der Waals surface area contributed by atoms with Crippen LogP contribution in [0, 0.1) is 6.92 Å². The molecule has 1 saturated heterocycles. The molecule has 10 heteroatoms. The van der Waals surface area contributed by atoms with Gasteiger partial charge in [0.05, 0.1) is 11.9 Å². The molecular weight excluding hydrogens is 308 g/mol. The fourth-order valence-corrected chi connectivity index (χ4v) is 3.80. The summed E-state index contributed by atoms with van der Waals surface area (Å²) in [5.41, 5.74) is 0.919. The van der Waals surface area contributed by atoms with Gasteiger partial charge in [0.15, 0.2) is 0 Å². The maximum atomic E-state index is 12.4. The summed E-state index contributed by atoms with van der Waals surface area (Å²) in [6.45, 7) is 2.00. The van der Waals surface area contributed by atoms with Crippen LogP contribution in [-0.2, 0) is 16.9 Å². The number of hydrogen-bond acceptors (Lipinski definition) is 7. The standard InChI is InChI=1S/C12H14N6O3S/c1-8-3-14-10(4-13-8)11(19)18-5-9(6-18)22(20,21)12-16-15-7-17(12)2/h3-4,7,9H,5-6H2,1-2H3. The molecule has 0 N–H and O–H groups in total. The van der Waals surface area contributed by atoms with E-state index in [0.29, 0.717) is 5.69 Å². The van der Waals surface area contributed by atoms with Crippen LogP contribution in [0.15, 0.2) is 23.9 Å². The van der Waals surface area contributed by atoms with Gasteiger partial charge in [-0.1, -0.05) is 0 Å². The fraction of sp³-hybridized carbons (Fsp3) is 0.417. The molecule has 0 atom stereocenters. The Morgan fingerprint density at radius 3 is 2.55 bits per heavy atom. The number of amides is 1. The van der Waals surface area contributed by atoms with Crippen molar-refractivity contribution in [1.82, 2.24) is 29.6 Å². The van der Waals surface area contributed by atoms with E-state index in [1.165, 1.54) is 28.2 Å². The Balaban J connectivity index is 1.71. The van der Waals surface area contributed by atoms with Gasteiger partial charge < -0.3 is 9.47 Å². The van der Waals surface area contributed by atoms with Crippen LogP contribution in [0.5, 0.6) is 0 Å². The van der Waals surface area contributed by atoms with Gasteiger partial charge in [-0.25, -0.2) is 13.4 Å². The van der Waals surface area contributed by atoms with Crippen molar-refractivity contribution in [3.05, 3.63) is 30.1 Å². The van der Waals surface area contributed by atoms with Gasteiger partial charge >= 0.3 is 0 Å². The summed E-state index contributed by atoms with van der Waals surface area (Å²) in [6, 6.07) is 0. The first-order chi connectivity index (χ1) is 10.4. The summed E-state index contributed by atoms with van der Waals surface area (Å²) in [5, 5.41) is 6.45. The second-order valence-electron chi connectivity index (χ2n) is 5.14. The van der Waals surface area contributed by atoms with E-state index in [1.807, 2.05) is 0 Å². The Bertz CT molecular complexity index is 808. The highest BCUT2D eigenvalue weighted by atomic mass is 32.2. The van der Waals surface area contributed by atoms with E-state index in [2.05, 4.69) is 20.2 Å². The molecule has 1 aliphatic heterocycles. The molecule has 2 aromatic rings. The second-order valence-corrected chi connectivity index (χ2v) is 7.27. The first kappa shape index (κ1) is 14.6. The molecule has 116 valence electrons. The van der Waals surface area contributed by atoms with Gasteiger partial charge in [-0.05, 0) is 6.92 Å². The van der Waals surface area contributed by atoms with Gasteiger partial charge in [0.2, 0.25) is 15.0 Å². The third-order valence-corrected chi connectivity index (χ3v) is 5.55. The molecule has 3 heterocycles. The normalized spacial score (nSPS) is 15.6. The summed E-state index contributed by atoms with van der Waals surface area (Å²) in [7, 11) is -2.02. The van der Waals surface area contributed by atoms with Crippen LogP contribution < -0.4 is 0 Å². The Kier molecular flexibility index (Phi) is 3.39. The quantitative estimate of drug-likeness (QED) is 0.728. The zero-order chi connectivity index (χ0) is 15.9. The highest BCUT2D eigenvalue weighted by molar-refractivity contribution is 7.92. The van der Waals surface area contributed by atoms with Gasteiger partial charge in [-0.15, -0.1) is 10.2 Å². The molecular formula is C12H14N6O3S. The topological polar surface area (TPSA) is 111 Å². The van der Waals surface area contributed by atoms with Gasteiger partial charge in [-0.3, -0.25) is 9.78 Å². The van der Waals surface area contributed by atoms with Gasteiger partial charge in [-0.2, -0.15) is 0 Å². The largest absolute Gasteiger partial charge is 0.334 e. The minimum Gasteiger partial charge on any atom is -0.334 e. The molecule has 2 aromatic heterocycles. The second kappa shape index (κ2) is 5.13. The molecule has 0 saturated carbocycles. The van der Waals surface area contributed by atoms with Crippen LogP contribution >= 0.6 is 0 Å². The predicted molar refractivity (Wildman–Crippen MR) is 74.6 cm³/mol. The predicted octanol–water partition coefficient (Wildman–Crippen LogP) is -0.788. The minimum absolute atomic E-state index is 0.0836. The van der Waals surface area contributed by atoms with Crippen molar-refractivity contribution in [3.8, 4) is 0 Å². The smallest absolute Gasteiger partial charge is 0.274 e. The van der Waals surface area contributed by atoms with Crippen LogP contribution in [0.2, 0.25) is 0 Å². The van der Waals surface area contributed by atoms with Gasteiger partial charge in [0.25, 0.3) is 5.91 Å². The number of carbonyl (C=O) groups is 1. The number of carbonyl (C=O) groups excluding carboxylic acids is 1. The van der Waals surface area contributed by atoms with E-state index in [0.717, 1.165) is 0 Å². The van der Waals surface area contributed by atoms with E-state index >= 15 is 0 Å². The molecule has 3 rings (SSSR count). The maximum absolute atomic E-state index is 12.4. The monoisotopic (exact) mass is 322 g/mol. The molecule has 1 fully saturated rings. The summed E-state index contributed by atoms with van der Waals surface area (Å²) in [6.07, 6.45) is 4.22. The molecule has 0 spiro atoms. The molecule has 0 unspecified atom stereocenters. The van der Waals surface area contributed by atoms with E-state index in [9.17, 15) is 13.2 Å². The number of likely N-dealkylation sites (tertiary alicyclic amines) is 1. The Morgan fingerprint density at radius 1 is 1.27 bits per heavy atom. The number of aromatic nitrogens is 5. The van der Waals surface area contributed by atoms with Crippen molar-refractivity contribution < 1.29 is 13.2 Å². The number of sulfone groups is 1. The molecule has 1 aliphatic rings. The third kappa shape index (κ3) is 2.34. The lowest BCUT2D eigenvalue weighted by Crippen LogP contribution is -2.57. The van der Waals surface area contributed by atoms with Crippen molar-refractivity contribution in [2.75, 3.05) is 13.1 Å². The molecule has 0 radical (unpaired) electrons. The molecule has 1 amide bonds. The average Bonchev–Trinajstić information content (AvgIpc) is 2.84. The summed E-state index contributed by atoms with van der Waals surface area (Å²) in [5.74, 6) is -0.322. The summed E-state index contributed by atoms with van der Waals surface area (Å²) in [4.78, 5) is 21.6. The Hall–Kier alpha value is -2.36.